The third-order valence-electron chi connectivity index (χ3n) is 3.48. The molecule has 18 heavy (non-hydrogen) atoms. The Kier molecular flexibility index (Phi) is 4.54. The normalized spacial score (nSPS) is 22.6. The Morgan fingerprint density at radius 2 is 2.22 bits per heavy atom. The molecule has 0 aromatic heterocycles. The monoisotopic (exact) mass is 253 g/mol. The summed E-state index contributed by atoms with van der Waals surface area (Å²) < 4.78 is 0. The maximum atomic E-state index is 12.3. The molecular formula is C12H19N3O3. The fraction of sp³-hybridized carbons (Fsp3) is 0.750. The number of amides is 2. The zero-order valence-corrected chi connectivity index (χ0v) is 10.8. The first-order valence-electron chi connectivity index (χ1n) is 6.14. The molecule has 1 N–H and O–H groups in total. The average molecular weight is 253 g/mol. The van der Waals surface area contributed by atoms with Crippen molar-refractivity contribution in [1.82, 2.24) is 9.80 Å². The van der Waals surface area contributed by atoms with Crippen molar-refractivity contribution in [2.75, 3.05) is 19.6 Å². The number of urea groups is 1. The van der Waals surface area contributed by atoms with Crippen LogP contribution in [0.1, 0.15) is 33.1 Å². The summed E-state index contributed by atoms with van der Waals surface area (Å²) in [6.45, 7) is 4.69. The summed E-state index contributed by atoms with van der Waals surface area (Å²) in [4.78, 5) is 26.5. The molecule has 0 saturated carbocycles. The van der Waals surface area contributed by atoms with Crippen molar-refractivity contribution >= 4 is 12.0 Å². The second-order valence-electron chi connectivity index (χ2n) is 4.60. The molecule has 1 rings (SSSR count). The molecule has 2 amide bonds. The number of carbonyl (C=O) groups is 2. The van der Waals surface area contributed by atoms with Gasteiger partial charge in [0.25, 0.3) is 0 Å². The Morgan fingerprint density at radius 3 is 2.72 bits per heavy atom. The smallest absolute Gasteiger partial charge is 0.329 e. The van der Waals surface area contributed by atoms with Gasteiger partial charge in [0.15, 0.2) is 0 Å². The Bertz CT molecular complexity index is 377. The minimum Gasteiger partial charge on any atom is -0.480 e. The van der Waals surface area contributed by atoms with Gasteiger partial charge in [-0.2, -0.15) is 5.26 Å². The van der Waals surface area contributed by atoms with E-state index in [9.17, 15) is 14.7 Å². The van der Waals surface area contributed by atoms with Crippen molar-refractivity contribution in [3.63, 3.8) is 0 Å². The van der Waals surface area contributed by atoms with Gasteiger partial charge in [-0.25, -0.2) is 9.59 Å². The lowest BCUT2D eigenvalue weighted by molar-refractivity contribution is -0.147. The summed E-state index contributed by atoms with van der Waals surface area (Å²) in [6.07, 6.45) is 1.44. The van der Waals surface area contributed by atoms with E-state index in [1.807, 2.05) is 13.0 Å². The van der Waals surface area contributed by atoms with E-state index in [4.69, 9.17) is 5.26 Å². The molecule has 1 heterocycles. The van der Waals surface area contributed by atoms with Crippen LogP contribution in [0.3, 0.4) is 0 Å². The summed E-state index contributed by atoms with van der Waals surface area (Å²) in [7, 11) is 0. The zero-order valence-electron chi connectivity index (χ0n) is 10.8. The SMILES string of the molecule is CCN(CCC#N)C(=O)N1CCCC1(C)C(=O)O. The number of rotatable bonds is 4. The Balaban J connectivity index is 2.82. The lowest BCUT2D eigenvalue weighted by Gasteiger charge is -2.35. The maximum Gasteiger partial charge on any atom is 0.329 e. The lowest BCUT2D eigenvalue weighted by atomic mass is 10.00. The van der Waals surface area contributed by atoms with E-state index in [2.05, 4.69) is 0 Å². The maximum absolute atomic E-state index is 12.3. The second-order valence-corrected chi connectivity index (χ2v) is 4.60. The number of aliphatic carboxylic acids is 1. The van der Waals surface area contributed by atoms with Gasteiger partial charge in [0, 0.05) is 19.6 Å². The summed E-state index contributed by atoms with van der Waals surface area (Å²) in [5, 5.41) is 17.8. The van der Waals surface area contributed by atoms with E-state index in [0.29, 0.717) is 32.5 Å². The van der Waals surface area contributed by atoms with Crippen LogP contribution in [0.25, 0.3) is 0 Å². The second kappa shape index (κ2) is 5.71. The predicted molar refractivity (Wildman–Crippen MR) is 64.9 cm³/mol. The molecule has 0 aromatic carbocycles. The molecule has 1 atom stereocenters. The number of nitriles is 1. The highest BCUT2D eigenvalue weighted by Gasteiger charge is 2.46. The molecule has 1 fully saturated rings. The quantitative estimate of drug-likeness (QED) is 0.817. The molecule has 6 nitrogen and oxygen atoms in total. The molecule has 1 aliphatic rings. The van der Waals surface area contributed by atoms with E-state index in [-0.39, 0.29) is 12.5 Å². The van der Waals surface area contributed by atoms with Crippen LogP contribution in [-0.2, 0) is 4.79 Å². The van der Waals surface area contributed by atoms with Crippen molar-refractivity contribution in [1.29, 1.82) is 5.26 Å². The molecule has 0 aliphatic carbocycles. The predicted octanol–water partition coefficient (Wildman–Crippen LogP) is 1.28. The van der Waals surface area contributed by atoms with Crippen LogP contribution >= 0.6 is 0 Å². The standard InChI is InChI=1S/C12H19N3O3/c1-3-14(8-5-7-13)11(18)15-9-4-6-12(15,2)10(16)17/h3-6,8-9H2,1-2H3,(H,16,17). The summed E-state index contributed by atoms with van der Waals surface area (Å²) in [6, 6.07) is 1.71. The molecule has 0 radical (unpaired) electrons. The highest BCUT2D eigenvalue weighted by atomic mass is 16.4. The number of hydrogen-bond acceptors (Lipinski definition) is 3. The number of nitrogens with zero attached hydrogens (tertiary/aromatic N) is 3. The first kappa shape index (κ1) is 14.3. The molecule has 6 heteroatoms. The third kappa shape index (κ3) is 2.55. The molecule has 1 unspecified atom stereocenters. The van der Waals surface area contributed by atoms with Crippen LogP contribution < -0.4 is 0 Å². The van der Waals surface area contributed by atoms with Gasteiger partial charge >= 0.3 is 12.0 Å². The van der Waals surface area contributed by atoms with Crippen LogP contribution in [0.2, 0.25) is 0 Å². The minimum atomic E-state index is -1.11. The van der Waals surface area contributed by atoms with Crippen LogP contribution in [0.15, 0.2) is 0 Å². The molecule has 0 aromatic rings. The van der Waals surface area contributed by atoms with E-state index in [0.717, 1.165) is 0 Å². The number of carboxylic acids is 1. The average Bonchev–Trinajstić information content (AvgIpc) is 2.73. The number of carboxylic acid groups (broad SMARTS) is 1. The molecule has 1 saturated heterocycles. The van der Waals surface area contributed by atoms with Crippen LogP contribution in [0.4, 0.5) is 4.79 Å². The summed E-state index contributed by atoms with van der Waals surface area (Å²) in [5.41, 5.74) is -1.11. The van der Waals surface area contributed by atoms with Crippen molar-refractivity contribution in [2.45, 2.75) is 38.6 Å². The van der Waals surface area contributed by atoms with Gasteiger partial charge in [-0.15, -0.1) is 0 Å². The number of likely N-dealkylation sites (tertiary alicyclic amines) is 1. The highest BCUT2D eigenvalue weighted by molar-refractivity contribution is 5.86. The molecule has 0 spiro atoms. The molecule has 0 bridgehead atoms. The number of hydrogen-bond donors (Lipinski definition) is 1. The Morgan fingerprint density at radius 1 is 1.56 bits per heavy atom. The van der Waals surface area contributed by atoms with Gasteiger partial charge < -0.3 is 14.9 Å². The third-order valence-corrected chi connectivity index (χ3v) is 3.48. The molecule has 100 valence electrons. The number of carbonyl (C=O) groups excluding carboxylic acids is 1. The Labute approximate surface area is 107 Å². The van der Waals surface area contributed by atoms with Crippen LogP contribution in [0, 0.1) is 11.3 Å². The van der Waals surface area contributed by atoms with Gasteiger partial charge in [0.1, 0.15) is 5.54 Å². The van der Waals surface area contributed by atoms with Crippen molar-refractivity contribution in [2.24, 2.45) is 0 Å². The van der Waals surface area contributed by atoms with Crippen LogP contribution in [0.5, 0.6) is 0 Å². The van der Waals surface area contributed by atoms with Gasteiger partial charge in [0.05, 0.1) is 12.5 Å². The van der Waals surface area contributed by atoms with Crippen molar-refractivity contribution in [3.8, 4) is 6.07 Å². The first-order valence-corrected chi connectivity index (χ1v) is 6.14. The van der Waals surface area contributed by atoms with Crippen molar-refractivity contribution < 1.29 is 14.7 Å². The van der Waals surface area contributed by atoms with E-state index in [1.165, 1.54) is 9.80 Å². The van der Waals surface area contributed by atoms with Gasteiger partial charge in [-0.05, 0) is 26.7 Å². The van der Waals surface area contributed by atoms with Crippen LogP contribution in [-0.4, -0.2) is 52.1 Å². The van der Waals surface area contributed by atoms with E-state index >= 15 is 0 Å². The minimum absolute atomic E-state index is 0.261. The Hall–Kier alpha value is -1.77. The largest absolute Gasteiger partial charge is 0.480 e. The summed E-state index contributed by atoms with van der Waals surface area (Å²) >= 11 is 0. The van der Waals surface area contributed by atoms with Gasteiger partial charge in [0.2, 0.25) is 0 Å². The van der Waals surface area contributed by atoms with E-state index < -0.39 is 11.5 Å². The van der Waals surface area contributed by atoms with Gasteiger partial charge in [-0.3, -0.25) is 0 Å². The topological polar surface area (TPSA) is 84.6 Å². The van der Waals surface area contributed by atoms with E-state index in [1.54, 1.807) is 6.92 Å². The summed E-state index contributed by atoms with van der Waals surface area (Å²) in [5.74, 6) is -0.968. The highest BCUT2D eigenvalue weighted by Crippen LogP contribution is 2.30. The van der Waals surface area contributed by atoms with Crippen molar-refractivity contribution in [3.05, 3.63) is 0 Å². The fourth-order valence-electron chi connectivity index (χ4n) is 2.24. The van der Waals surface area contributed by atoms with Gasteiger partial charge in [-0.1, -0.05) is 0 Å². The molecular weight excluding hydrogens is 234 g/mol. The lowest BCUT2D eigenvalue weighted by Crippen LogP contribution is -2.55. The zero-order chi connectivity index (χ0) is 13.8. The fourth-order valence-corrected chi connectivity index (χ4v) is 2.24. The molecule has 1 aliphatic heterocycles. The first-order chi connectivity index (χ1) is 8.47.